The van der Waals surface area contributed by atoms with Gasteiger partial charge in [0, 0.05) is 92.6 Å². The molecule has 0 radical (unpaired) electrons. The first-order chi connectivity index (χ1) is 69.2. The number of imidazole rings is 5. The number of carbonyl (C=O) groups excluding carboxylic acids is 5. The van der Waals surface area contributed by atoms with Gasteiger partial charge in [0.05, 0.1) is 119 Å². The van der Waals surface area contributed by atoms with Crippen molar-refractivity contribution in [3.05, 3.63) is 178 Å². The highest BCUT2D eigenvalue weighted by Crippen LogP contribution is 2.73. The highest BCUT2D eigenvalue weighted by molar-refractivity contribution is 14.1. The Morgan fingerprint density at radius 3 is 0.750 bits per heavy atom. The molecule has 0 spiro atoms. The van der Waals surface area contributed by atoms with E-state index in [1.165, 1.54) is 59.2 Å². The van der Waals surface area contributed by atoms with Gasteiger partial charge in [-0.25, -0.2) is 74.8 Å². The first-order valence-electron chi connectivity index (χ1n) is 47.1. The highest BCUT2D eigenvalue weighted by Gasteiger charge is 2.78. The lowest BCUT2D eigenvalue weighted by Gasteiger charge is -2.23. The number of rotatable bonds is 29. The first-order valence-corrected chi connectivity index (χ1v) is 49.3. The zero-order chi connectivity index (χ0) is 102. The molecule has 49 nitrogen and oxygen atoms in total. The van der Waals surface area contributed by atoms with Gasteiger partial charge in [-0.05, 0) is 178 Å². The van der Waals surface area contributed by atoms with E-state index < -0.39 is 118 Å². The molecule has 10 aliphatic carbocycles. The summed E-state index contributed by atoms with van der Waals surface area (Å²) in [6, 6.07) is 27.6. The molecule has 0 amide bonds. The van der Waals surface area contributed by atoms with Gasteiger partial charge in [0.15, 0.2) is 76.0 Å². The number of nitrogens with zero attached hydrogens (tertiary/aromatic N) is 29. The molecule has 0 aliphatic heterocycles. The normalized spacial score (nSPS) is 30.3. The van der Waals surface area contributed by atoms with Gasteiger partial charge >= 0.3 is 0 Å². The molecule has 23 rings (SSSR count). The van der Waals surface area contributed by atoms with Crippen molar-refractivity contribution in [2.45, 2.75) is 191 Å². The Labute approximate surface area is 844 Å². The van der Waals surface area contributed by atoms with Crippen LogP contribution < -0.4 is 26.6 Å². The number of nitrogens with one attached hydrogen (secondary N) is 5. The molecule has 10 aliphatic rings. The summed E-state index contributed by atoms with van der Waals surface area (Å²) in [5, 5.41) is 132. The lowest BCUT2D eigenvalue weighted by atomic mass is 9.95. The second kappa shape index (κ2) is 39.0. The van der Waals surface area contributed by atoms with Crippen LogP contribution in [0.15, 0.2) is 138 Å². The number of aliphatic hydroxyl groups is 10. The van der Waals surface area contributed by atoms with E-state index in [1.807, 2.05) is 115 Å². The fourth-order valence-electron chi connectivity index (χ4n) is 23.6. The van der Waals surface area contributed by atoms with Crippen LogP contribution in [0.3, 0.4) is 0 Å². The van der Waals surface area contributed by atoms with E-state index in [2.05, 4.69) is 166 Å². The van der Waals surface area contributed by atoms with Crippen molar-refractivity contribution < 1.29 is 75.0 Å². The van der Waals surface area contributed by atoms with Crippen LogP contribution in [0.25, 0.3) is 87.1 Å². The van der Waals surface area contributed by atoms with Crippen LogP contribution in [0.2, 0.25) is 0 Å². The average molecular weight is 2190 g/mol. The Morgan fingerprint density at radius 2 is 0.542 bits per heavy atom. The summed E-state index contributed by atoms with van der Waals surface area (Å²) < 4.78 is 9.68. The topological polar surface area (TPSA) is 712 Å². The van der Waals surface area contributed by atoms with E-state index >= 15 is 0 Å². The number of carbonyl (C=O) groups is 5. The summed E-state index contributed by atoms with van der Waals surface area (Å²) in [6.45, 7) is 14.3. The third-order valence-corrected chi connectivity index (χ3v) is 32.0. The summed E-state index contributed by atoms with van der Waals surface area (Å²) in [4.78, 5) is 134. The Kier molecular flexibility index (Phi) is 27.0. The molecule has 3 aromatic carbocycles. The number of hydrogen-bond acceptors (Lipinski definition) is 38. The molecular formula is C93H102I2N34O15. The number of halogens is 2. The number of aliphatic hydroxyl groups excluding tert-OH is 10. The molecular weight excluding hydrogens is 2090 g/mol. The van der Waals surface area contributed by atoms with Gasteiger partial charge in [-0.2, -0.15) is 0 Å². The minimum Gasteiger partial charge on any atom is -0.389 e. The summed E-state index contributed by atoms with van der Waals surface area (Å²) in [5.41, 5.74) is 30.5. The smallest absolute Gasteiger partial charge is 0.220 e. The number of anilines is 5. The molecule has 0 saturated heterocycles. The van der Waals surface area contributed by atoms with E-state index in [9.17, 15) is 75.0 Å². The number of fused-ring (bicyclic) bond motifs is 10. The fourth-order valence-corrected chi connectivity index (χ4v) is 24.5. The standard InChI is InChI=1S/C21H22IN5O3.2C21H22N8O3.C15H18IN5O3.C15H18N8O3/c1-11(28)21-9-13(21)15(16(29)17(21)30)27-10-24-14-18(25-20(22)26-19(14)27)23-8-7-12-5-3-2-4-6-12;2*1-11(30)21-9-13(21)15(16(31)17(21)32)29-10-24-14-18(25-20(27-28-22)26-19(14)29)23-8-7-12-5-3-2-4-6-12;1-3-17-12-8-13(20-14(16)19-12)21(5-18-8)9-7-4-15(7,6(2)22)11(24)10(9)23;1-3-17-12-8-13(20-14(19-12)21-22-16)23(5-18-8)9-7-4-15(7,6(2)24)11(26)10(9)25/h2-6,10,13,15-17,29-30H,7-9H2,1H3,(H,23,25,26);2*2-6,10,13,15-17,31-32H,7-9H2,1H3,(H,23,25,26);5,7,9-11,23-24H,3-4H2,1-2H3,(H,17,19,20);5,7,9-11,25-26H,3-4H2,1-2H3,(H,17,19,20)/t3*13?,15-,16+,17?,21+;2*7?,9-,10+,11?,15+/m11111/s1. The summed E-state index contributed by atoms with van der Waals surface area (Å²) >= 11 is 4.10. The van der Waals surface area contributed by atoms with Gasteiger partial charge in [-0.15, -0.1) is 0 Å². The molecule has 748 valence electrons. The zero-order valence-electron chi connectivity index (χ0n) is 78.5. The van der Waals surface area contributed by atoms with Gasteiger partial charge in [0.1, 0.15) is 76.0 Å². The molecule has 15 N–H and O–H groups in total. The van der Waals surface area contributed by atoms with Gasteiger partial charge in [-0.3, -0.25) is 24.0 Å². The number of azide groups is 3. The van der Waals surface area contributed by atoms with Crippen molar-refractivity contribution in [2.24, 2.45) is 72.0 Å². The average Bonchev–Trinajstić information content (AvgIpc) is 1.53. The van der Waals surface area contributed by atoms with Crippen LogP contribution >= 0.6 is 45.2 Å². The van der Waals surface area contributed by atoms with E-state index in [-0.39, 0.29) is 76.4 Å². The first kappa shape index (κ1) is 99.5. The predicted molar refractivity (Wildman–Crippen MR) is 534 cm³/mol. The number of Topliss-reactive ketones (excluding diaryl/α,β-unsaturated/α-hetero) is 5. The van der Waals surface area contributed by atoms with Crippen LogP contribution in [0, 0.1) is 64.3 Å². The van der Waals surface area contributed by atoms with Crippen LogP contribution in [0.1, 0.15) is 127 Å². The minimum absolute atomic E-state index is 0.0662. The summed E-state index contributed by atoms with van der Waals surface area (Å²) in [6.07, 6.45) is 1.88. The van der Waals surface area contributed by atoms with E-state index in [0.29, 0.717) is 157 Å². The van der Waals surface area contributed by atoms with E-state index in [0.717, 1.165) is 30.4 Å². The van der Waals surface area contributed by atoms with Crippen LogP contribution in [0.4, 0.5) is 46.9 Å². The molecule has 51 heteroatoms. The van der Waals surface area contributed by atoms with Gasteiger partial charge < -0.3 is 100 Å². The molecule has 25 atom stereocenters. The molecule has 10 saturated carbocycles. The monoisotopic (exact) mass is 2190 g/mol. The van der Waals surface area contributed by atoms with Crippen LogP contribution in [0.5, 0.6) is 0 Å². The Balaban J connectivity index is 0.000000114. The van der Waals surface area contributed by atoms with E-state index in [4.69, 9.17) is 16.6 Å². The molecule has 10 fully saturated rings. The molecule has 10 aromatic heterocycles. The number of ketones is 5. The maximum atomic E-state index is 12.2. The largest absolute Gasteiger partial charge is 0.389 e. The van der Waals surface area contributed by atoms with Crippen molar-refractivity contribution in [3.8, 4) is 0 Å². The van der Waals surface area contributed by atoms with Gasteiger partial charge in [-0.1, -0.05) is 91.0 Å². The summed E-state index contributed by atoms with van der Waals surface area (Å²) in [5.74, 6) is 0.953. The van der Waals surface area contributed by atoms with Crippen LogP contribution in [-0.2, 0) is 43.2 Å². The Bertz CT molecular complexity index is 7180. The lowest BCUT2D eigenvalue weighted by Crippen LogP contribution is -2.36. The lowest BCUT2D eigenvalue weighted by molar-refractivity contribution is -0.128. The van der Waals surface area contributed by atoms with Gasteiger partial charge in [0.25, 0.3) is 0 Å². The second-order valence-electron chi connectivity index (χ2n) is 38.2. The molecule has 13 aromatic rings. The highest BCUT2D eigenvalue weighted by atomic mass is 127. The van der Waals surface area contributed by atoms with Gasteiger partial charge in [0.2, 0.25) is 17.8 Å². The maximum absolute atomic E-state index is 12.2. The third kappa shape index (κ3) is 16.8. The fraction of sp³-hybridized carbons (Fsp3) is 0.484. The van der Waals surface area contributed by atoms with Crippen molar-refractivity contribution >= 4 is 177 Å². The van der Waals surface area contributed by atoms with Crippen LogP contribution in [-0.4, -0.2) is 271 Å². The maximum Gasteiger partial charge on any atom is 0.220 e. The number of benzene rings is 3. The SMILES string of the molecule is CC(=O)[C@@]12CC1[C@@H](n1cnc3c(NCCc4ccccc4)nc(I)nc31)[C@H](O)C2O.CC(=O)[C@@]12CC1[C@@H](n1cnc3c(NCCc4ccccc4)nc(N=[N+]=[N-])nc31)[C@H](O)C2O.CC(=O)[C@@]12CC1[C@@H](n1cnc3c(NCCc4ccccc4)nc(N=[N+]=[N-])nc31)[C@H](O)C2O.CCNc1nc(I)nc2c1ncn2[C@@H]1C2C[C@@]2(C(C)=O)C(O)[C@H]1O.CCNc1nc(N=[N+]=[N-])nc2c1ncn2[C@@H]1C2C[C@@]2(C(C)=O)C(O)[C@H]1O. The zero-order valence-corrected chi connectivity index (χ0v) is 82.8. The molecule has 0 bridgehead atoms. The Hall–Kier alpha value is -13.2. The Morgan fingerprint density at radius 1 is 0.333 bits per heavy atom. The minimum atomic E-state index is -1.14. The van der Waals surface area contributed by atoms with Crippen molar-refractivity contribution in [1.82, 2.24) is 97.6 Å². The van der Waals surface area contributed by atoms with Crippen molar-refractivity contribution in [3.63, 3.8) is 0 Å². The number of hydrogen-bond donors (Lipinski definition) is 15. The molecule has 144 heavy (non-hydrogen) atoms. The van der Waals surface area contributed by atoms with Crippen molar-refractivity contribution in [2.75, 3.05) is 59.3 Å². The summed E-state index contributed by atoms with van der Waals surface area (Å²) in [7, 11) is 0. The molecule has 10 unspecified atom stereocenters. The second-order valence-corrected chi connectivity index (χ2v) is 40.1. The predicted octanol–water partition coefficient (Wildman–Crippen LogP) is 8.35. The van der Waals surface area contributed by atoms with Crippen molar-refractivity contribution in [1.29, 1.82) is 0 Å². The molecule has 10 heterocycles. The number of aromatic nitrogens is 20. The quantitative estimate of drug-likeness (QED) is 0.00688. The third-order valence-electron chi connectivity index (χ3n) is 31.0. The van der Waals surface area contributed by atoms with E-state index in [1.54, 1.807) is 35.5 Å².